The van der Waals surface area contributed by atoms with Gasteiger partial charge in [-0.2, -0.15) is 0 Å². The Kier molecular flexibility index (Phi) is 7.91. The summed E-state index contributed by atoms with van der Waals surface area (Å²) in [6.45, 7) is 1.33. The smallest absolute Gasteiger partial charge is 0.162 e. The molecule has 43 heavy (non-hydrogen) atoms. The molecule has 1 unspecified atom stereocenters. The van der Waals surface area contributed by atoms with Crippen LogP contribution >= 0.6 is 0 Å². The topological polar surface area (TPSA) is 58.6 Å². The molecule has 1 heterocycles. The van der Waals surface area contributed by atoms with Crippen LogP contribution in [0.4, 0.5) is 0 Å². The maximum Gasteiger partial charge on any atom is 0.162 e. The van der Waals surface area contributed by atoms with E-state index in [2.05, 4.69) is 66.5 Å². The zero-order valence-electron chi connectivity index (χ0n) is 25.5. The van der Waals surface area contributed by atoms with Crippen molar-refractivity contribution in [1.82, 2.24) is 4.90 Å². The summed E-state index contributed by atoms with van der Waals surface area (Å²) in [5.41, 5.74) is 4.68. The summed E-state index contributed by atoms with van der Waals surface area (Å²) in [5.74, 6) is 4.16. The van der Waals surface area contributed by atoms with E-state index in [0.29, 0.717) is 35.4 Å². The summed E-state index contributed by atoms with van der Waals surface area (Å²) in [6.07, 6.45) is 0.918. The number of rotatable bonds is 9. The summed E-state index contributed by atoms with van der Waals surface area (Å²) in [5, 5.41) is 4.19. The first kappa shape index (κ1) is 28.5. The molecule has 1 atom stereocenters. The van der Waals surface area contributed by atoms with Gasteiger partial charge in [-0.1, -0.05) is 30.3 Å². The Morgan fingerprint density at radius 3 is 1.86 bits per heavy atom. The number of hydrogen-bond acceptors (Lipinski definition) is 7. The first-order valence-electron chi connectivity index (χ1n) is 14.3. The molecular formula is C36H37NO6. The zero-order chi connectivity index (χ0) is 30.1. The molecule has 7 heteroatoms. The molecule has 0 spiro atoms. The van der Waals surface area contributed by atoms with Gasteiger partial charge in [0.1, 0.15) is 6.61 Å². The normalized spacial score (nSPS) is 14.8. The third-order valence-electron chi connectivity index (χ3n) is 8.42. The van der Waals surface area contributed by atoms with Gasteiger partial charge in [-0.05, 0) is 99.7 Å². The van der Waals surface area contributed by atoms with Crippen molar-refractivity contribution in [3.63, 3.8) is 0 Å². The highest BCUT2D eigenvalue weighted by Crippen LogP contribution is 2.47. The Morgan fingerprint density at radius 1 is 0.605 bits per heavy atom. The molecule has 0 radical (unpaired) electrons. The van der Waals surface area contributed by atoms with E-state index in [1.807, 2.05) is 18.2 Å². The van der Waals surface area contributed by atoms with E-state index >= 15 is 0 Å². The number of ether oxygens (including phenoxy) is 6. The summed E-state index contributed by atoms with van der Waals surface area (Å²) in [4.78, 5) is 2.39. The molecule has 1 aliphatic heterocycles. The number of benzene rings is 5. The van der Waals surface area contributed by atoms with Crippen LogP contribution in [0.2, 0.25) is 0 Å². The molecule has 0 bridgehead atoms. The number of methoxy groups -OCH3 is 5. The summed E-state index contributed by atoms with van der Waals surface area (Å²) in [7, 11) is 10.5. The summed E-state index contributed by atoms with van der Waals surface area (Å²) in [6, 6.07) is 24.9. The molecule has 0 aromatic heterocycles. The minimum Gasteiger partial charge on any atom is -0.493 e. The Bertz CT molecular complexity index is 1780. The molecule has 222 valence electrons. The van der Waals surface area contributed by atoms with Gasteiger partial charge >= 0.3 is 0 Å². The van der Waals surface area contributed by atoms with E-state index in [-0.39, 0.29) is 6.04 Å². The van der Waals surface area contributed by atoms with E-state index < -0.39 is 0 Å². The quantitative estimate of drug-likeness (QED) is 0.171. The monoisotopic (exact) mass is 579 g/mol. The fourth-order valence-corrected chi connectivity index (χ4v) is 6.22. The lowest BCUT2D eigenvalue weighted by Gasteiger charge is -2.36. The van der Waals surface area contributed by atoms with E-state index in [1.54, 1.807) is 35.5 Å². The fraction of sp³-hybridized carbons (Fsp3) is 0.278. The molecule has 7 nitrogen and oxygen atoms in total. The van der Waals surface area contributed by atoms with Gasteiger partial charge < -0.3 is 28.4 Å². The van der Waals surface area contributed by atoms with E-state index in [9.17, 15) is 0 Å². The van der Waals surface area contributed by atoms with Crippen LogP contribution in [0, 0.1) is 0 Å². The van der Waals surface area contributed by atoms with Gasteiger partial charge in [-0.15, -0.1) is 0 Å². The molecule has 0 aliphatic carbocycles. The third kappa shape index (κ3) is 5.14. The van der Waals surface area contributed by atoms with Crippen LogP contribution in [0.3, 0.4) is 0 Å². The van der Waals surface area contributed by atoms with E-state index in [1.165, 1.54) is 11.1 Å². The minimum atomic E-state index is -0.0337. The SMILES string of the molecule is COc1cc2c(cc1OC)C(c1cc3cc(OC)c(OCc4ccccc4)cc3c3cc(OC)c(OC)cc13)N(C)CC2. The van der Waals surface area contributed by atoms with Gasteiger partial charge in [0, 0.05) is 6.54 Å². The Morgan fingerprint density at radius 2 is 1.19 bits per heavy atom. The zero-order valence-corrected chi connectivity index (χ0v) is 25.5. The predicted octanol–water partition coefficient (Wildman–Crippen LogP) is 7.19. The highest BCUT2D eigenvalue weighted by molar-refractivity contribution is 6.11. The first-order valence-corrected chi connectivity index (χ1v) is 14.3. The second kappa shape index (κ2) is 11.9. The van der Waals surface area contributed by atoms with Crippen molar-refractivity contribution in [2.24, 2.45) is 0 Å². The molecule has 0 amide bonds. The highest BCUT2D eigenvalue weighted by atomic mass is 16.5. The van der Waals surface area contributed by atoms with Gasteiger partial charge in [-0.3, -0.25) is 4.90 Å². The predicted molar refractivity (Wildman–Crippen MR) is 170 cm³/mol. The van der Waals surface area contributed by atoms with E-state index in [0.717, 1.165) is 51.4 Å². The highest BCUT2D eigenvalue weighted by Gasteiger charge is 2.30. The molecule has 0 N–H and O–H groups in total. The lowest BCUT2D eigenvalue weighted by atomic mass is 9.84. The van der Waals surface area contributed by atoms with Crippen LogP contribution in [0.15, 0.2) is 72.8 Å². The Labute approximate surface area is 252 Å². The van der Waals surface area contributed by atoms with Crippen LogP contribution in [-0.2, 0) is 13.0 Å². The third-order valence-corrected chi connectivity index (χ3v) is 8.42. The second-order valence-corrected chi connectivity index (χ2v) is 10.8. The van der Waals surface area contributed by atoms with Crippen LogP contribution < -0.4 is 28.4 Å². The van der Waals surface area contributed by atoms with Crippen molar-refractivity contribution in [3.8, 4) is 34.5 Å². The van der Waals surface area contributed by atoms with Crippen molar-refractivity contribution < 1.29 is 28.4 Å². The number of hydrogen-bond donors (Lipinski definition) is 0. The van der Waals surface area contributed by atoms with Gasteiger partial charge in [-0.25, -0.2) is 0 Å². The van der Waals surface area contributed by atoms with Gasteiger partial charge in [0.05, 0.1) is 41.6 Å². The average Bonchev–Trinajstić information content (AvgIpc) is 3.05. The molecular weight excluding hydrogens is 542 g/mol. The van der Waals surface area contributed by atoms with Gasteiger partial charge in [0.15, 0.2) is 34.5 Å². The average molecular weight is 580 g/mol. The fourth-order valence-electron chi connectivity index (χ4n) is 6.22. The summed E-state index contributed by atoms with van der Waals surface area (Å²) >= 11 is 0. The first-order chi connectivity index (χ1) is 21.0. The molecule has 0 fully saturated rings. The number of likely N-dealkylation sites (N-methyl/N-ethyl adjacent to an activating group) is 1. The Balaban J connectivity index is 1.60. The van der Waals surface area contributed by atoms with Crippen molar-refractivity contribution in [2.75, 3.05) is 49.1 Å². The maximum absolute atomic E-state index is 6.32. The van der Waals surface area contributed by atoms with Crippen molar-refractivity contribution in [2.45, 2.75) is 19.1 Å². The van der Waals surface area contributed by atoms with Crippen LogP contribution in [0.5, 0.6) is 34.5 Å². The van der Waals surface area contributed by atoms with Crippen molar-refractivity contribution >= 4 is 21.5 Å². The molecule has 1 aliphatic rings. The van der Waals surface area contributed by atoms with Gasteiger partial charge in [0.25, 0.3) is 0 Å². The van der Waals surface area contributed by atoms with Crippen molar-refractivity contribution in [3.05, 3.63) is 95.1 Å². The maximum atomic E-state index is 6.32. The van der Waals surface area contributed by atoms with Crippen LogP contribution in [0.1, 0.15) is 28.3 Å². The molecule has 0 saturated heterocycles. The van der Waals surface area contributed by atoms with Crippen LogP contribution in [-0.4, -0.2) is 54.0 Å². The van der Waals surface area contributed by atoms with E-state index in [4.69, 9.17) is 28.4 Å². The number of fused-ring (bicyclic) bond motifs is 4. The second-order valence-electron chi connectivity index (χ2n) is 10.8. The molecule has 5 aromatic carbocycles. The molecule has 6 rings (SSSR count). The lowest BCUT2D eigenvalue weighted by molar-refractivity contribution is 0.264. The van der Waals surface area contributed by atoms with Crippen LogP contribution in [0.25, 0.3) is 21.5 Å². The number of nitrogens with zero attached hydrogens (tertiary/aromatic N) is 1. The minimum absolute atomic E-state index is 0.0337. The largest absolute Gasteiger partial charge is 0.493 e. The van der Waals surface area contributed by atoms with Crippen molar-refractivity contribution in [1.29, 1.82) is 0 Å². The standard InChI is InChI=1S/C36H37NO6/c1-37-13-12-23-15-30(38-2)32(40-4)18-26(23)36(37)29-14-24-16-31(39-3)35(43-21-22-10-8-7-9-11-22)17-25(24)27-19-33(41-5)34(42-6)20-28(27)29/h7-11,14-20,36H,12-13,21H2,1-6H3. The van der Waals surface area contributed by atoms with Gasteiger partial charge in [0.2, 0.25) is 0 Å². The summed E-state index contributed by atoms with van der Waals surface area (Å²) < 4.78 is 35.1. The molecule has 0 saturated carbocycles. The lowest BCUT2D eigenvalue weighted by Crippen LogP contribution is -2.33. The Hall–Kier alpha value is -4.62. The molecule has 5 aromatic rings.